The summed E-state index contributed by atoms with van der Waals surface area (Å²) < 4.78 is 33.4. The van der Waals surface area contributed by atoms with Crippen molar-refractivity contribution in [3.05, 3.63) is 24.3 Å². The summed E-state index contributed by atoms with van der Waals surface area (Å²) in [5, 5.41) is 0. The molecule has 0 radical (unpaired) electrons. The zero-order valence-corrected chi connectivity index (χ0v) is 35.6. The van der Waals surface area contributed by atoms with Crippen LogP contribution in [-0.2, 0) is 32.7 Å². The van der Waals surface area contributed by atoms with Gasteiger partial charge in [0.1, 0.15) is 6.61 Å². The lowest BCUT2D eigenvalue weighted by Gasteiger charge is -2.20. The molecule has 0 aliphatic carbocycles. The van der Waals surface area contributed by atoms with Gasteiger partial charge in [0.15, 0.2) is 6.10 Å². The van der Waals surface area contributed by atoms with Gasteiger partial charge in [0.2, 0.25) is 0 Å². The van der Waals surface area contributed by atoms with Crippen molar-refractivity contribution in [3.63, 3.8) is 0 Å². The zero-order valence-electron chi connectivity index (χ0n) is 34.7. The van der Waals surface area contributed by atoms with Crippen LogP contribution in [-0.4, -0.2) is 68.3 Å². The molecule has 0 aliphatic rings. The summed E-state index contributed by atoms with van der Waals surface area (Å²) in [7, 11) is -0.712. The van der Waals surface area contributed by atoms with Gasteiger partial charge >= 0.3 is 19.8 Å². The Balaban J connectivity index is 4.22. The third-order valence-corrected chi connectivity index (χ3v) is 10.2. The van der Waals surface area contributed by atoms with E-state index in [1.807, 2.05) is 19.0 Å². The number of ether oxygens (including phenoxy) is 2. The lowest BCUT2D eigenvalue weighted by Crippen LogP contribution is -2.29. The fourth-order valence-electron chi connectivity index (χ4n) is 5.84. The molecule has 0 bridgehead atoms. The maximum Gasteiger partial charge on any atom is 0.472 e. The molecule has 10 heteroatoms. The monoisotopic (exact) mass is 772 g/mol. The summed E-state index contributed by atoms with van der Waals surface area (Å²) in [6.07, 6.45) is 39.4. The SMILES string of the molecule is CCCC/C=C\CCCCCCCC(=O)OC(COC(=O)CCCCCCCCCCC/C=C\CCCCCCCC)COP(=O)(O)OCCN(C)C. The standard InChI is InChI=1S/C43H82NO8P/c1-5-7-9-11-13-15-17-18-19-20-21-22-23-24-26-27-29-31-33-35-42(45)49-39-41(40-51-53(47,48)50-38-37-44(3)4)52-43(46)36-34-32-30-28-25-16-14-12-10-8-6-2/h12,14,18-19,41H,5-11,13,15-17,20-40H2,1-4H3,(H,47,48)/b14-12-,19-18-. The van der Waals surface area contributed by atoms with Gasteiger partial charge in [-0.25, -0.2) is 4.57 Å². The Hall–Kier alpha value is -1.51. The molecule has 0 fully saturated rings. The van der Waals surface area contributed by atoms with Gasteiger partial charge in [0, 0.05) is 19.4 Å². The normalized spacial score (nSPS) is 13.6. The summed E-state index contributed by atoms with van der Waals surface area (Å²) in [4.78, 5) is 36.9. The Morgan fingerprint density at radius 1 is 0.566 bits per heavy atom. The quantitative estimate of drug-likeness (QED) is 0.0281. The van der Waals surface area contributed by atoms with Gasteiger partial charge in [-0.05, 0) is 71.9 Å². The van der Waals surface area contributed by atoms with Crippen molar-refractivity contribution in [1.82, 2.24) is 4.90 Å². The van der Waals surface area contributed by atoms with E-state index >= 15 is 0 Å². The Morgan fingerprint density at radius 3 is 1.45 bits per heavy atom. The largest absolute Gasteiger partial charge is 0.472 e. The molecule has 2 unspecified atom stereocenters. The number of rotatable bonds is 40. The van der Waals surface area contributed by atoms with Crippen molar-refractivity contribution in [3.8, 4) is 0 Å². The highest BCUT2D eigenvalue weighted by atomic mass is 31.2. The summed E-state index contributed by atoms with van der Waals surface area (Å²) in [5.74, 6) is -0.813. The second-order valence-corrected chi connectivity index (χ2v) is 16.3. The average molecular weight is 772 g/mol. The molecule has 1 N–H and O–H groups in total. The van der Waals surface area contributed by atoms with Crippen LogP contribution in [0.15, 0.2) is 24.3 Å². The van der Waals surface area contributed by atoms with E-state index in [1.165, 1.54) is 103 Å². The molecule has 0 rings (SSSR count). The number of phosphoric ester groups is 1. The minimum atomic E-state index is -4.36. The molecule has 0 heterocycles. The van der Waals surface area contributed by atoms with Gasteiger partial charge in [0.25, 0.3) is 0 Å². The Kier molecular flexibility index (Phi) is 37.6. The van der Waals surface area contributed by atoms with E-state index in [2.05, 4.69) is 38.2 Å². The van der Waals surface area contributed by atoms with Crippen molar-refractivity contribution >= 4 is 19.8 Å². The Bertz CT molecular complexity index is 941. The minimum absolute atomic E-state index is 0.00657. The number of carbonyl (C=O) groups is 2. The van der Waals surface area contributed by atoms with E-state index < -0.39 is 26.5 Å². The maximum absolute atomic E-state index is 12.6. The lowest BCUT2D eigenvalue weighted by molar-refractivity contribution is -0.161. The lowest BCUT2D eigenvalue weighted by atomic mass is 10.1. The van der Waals surface area contributed by atoms with Gasteiger partial charge in [-0.3, -0.25) is 18.6 Å². The van der Waals surface area contributed by atoms with Crippen LogP contribution in [0.4, 0.5) is 0 Å². The van der Waals surface area contributed by atoms with Gasteiger partial charge in [-0.2, -0.15) is 0 Å². The van der Waals surface area contributed by atoms with Gasteiger partial charge in [-0.1, -0.05) is 147 Å². The summed E-state index contributed by atoms with van der Waals surface area (Å²) in [6, 6.07) is 0. The number of likely N-dealkylation sites (N-methyl/N-ethyl adjacent to an activating group) is 1. The fraction of sp³-hybridized carbons (Fsp3) is 0.860. The zero-order chi connectivity index (χ0) is 39.1. The van der Waals surface area contributed by atoms with Crippen LogP contribution in [0.1, 0.15) is 194 Å². The molecule has 0 aromatic carbocycles. The molecule has 0 saturated heterocycles. The second kappa shape index (κ2) is 38.8. The van der Waals surface area contributed by atoms with Crippen molar-refractivity contribution < 1.29 is 37.6 Å². The van der Waals surface area contributed by atoms with Crippen LogP contribution < -0.4 is 0 Å². The fourth-order valence-corrected chi connectivity index (χ4v) is 6.58. The molecule has 0 saturated carbocycles. The third kappa shape index (κ3) is 40.0. The number of nitrogens with zero attached hydrogens (tertiary/aromatic N) is 1. The number of allylic oxidation sites excluding steroid dienone is 4. The van der Waals surface area contributed by atoms with Gasteiger partial charge in [-0.15, -0.1) is 0 Å². The molecule has 0 aromatic rings. The first-order chi connectivity index (χ1) is 25.7. The average Bonchev–Trinajstić information content (AvgIpc) is 3.12. The van der Waals surface area contributed by atoms with Crippen LogP contribution in [0, 0.1) is 0 Å². The molecule has 9 nitrogen and oxygen atoms in total. The van der Waals surface area contributed by atoms with E-state index in [0.717, 1.165) is 57.8 Å². The van der Waals surface area contributed by atoms with Crippen LogP contribution in [0.2, 0.25) is 0 Å². The molecular weight excluding hydrogens is 689 g/mol. The molecule has 0 aliphatic heterocycles. The first-order valence-corrected chi connectivity index (χ1v) is 23.1. The van der Waals surface area contributed by atoms with E-state index in [4.69, 9.17) is 18.5 Å². The Labute approximate surface area is 326 Å². The molecular formula is C43H82NO8P. The molecule has 2 atom stereocenters. The predicted molar refractivity (Wildman–Crippen MR) is 220 cm³/mol. The highest BCUT2D eigenvalue weighted by Gasteiger charge is 2.26. The molecule has 0 aromatic heterocycles. The minimum Gasteiger partial charge on any atom is -0.462 e. The molecule has 53 heavy (non-hydrogen) atoms. The Morgan fingerprint density at radius 2 is 0.981 bits per heavy atom. The van der Waals surface area contributed by atoms with Gasteiger partial charge < -0.3 is 19.3 Å². The summed E-state index contributed by atoms with van der Waals surface area (Å²) in [6.45, 7) is 4.27. The topological polar surface area (TPSA) is 112 Å². The highest BCUT2D eigenvalue weighted by Crippen LogP contribution is 2.43. The number of hydrogen-bond donors (Lipinski definition) is 1. The molecule has 0 amide bonds. The van der Waals surface area contributed by atoms with E-state index in [-0.39, 0.29) is 32.0 Å². The first-order valence-electron chi connectivity index (χ1n) is 21.6. The second-order valence-electron chi connectivity index (χ2n) is 14.9. The smallest absolute Gasteiger partial charge is 0.462 e. The van der Waals surface area contributed by atoms with Crippen molar-refractivity contribution in [1.29, 1.82) is 0 Å². The predicted octanol–water partition coefficient (Wildman–Crippen LogP) is 12.2. The van der Waals surface area contributed by atoms with Crippen LogP contribution in [0.3, 0.4) is 0 Å². The van der Waals surface area contributed by atoms with Crippen LogP contribution in [0.5, 0.6) is 0 Å². The number of hydrogen-bond acceptors (Lipinski definition) is 8. The summed E-state index contributed by atoms with van der Waals surface area (Å²) >= 11 is 0. The third-order valence-electron chi connectivity index (χ3n) is 9.23. The number of esters is 2. The number of unbranched alkanes of at least 4 members (excludes halogenated alkanes) is 22. The van der Waals surface area contributed by atoms with E-state index in [9.17, 15) is 19.0 Å². The van der Waals surface area contributed by atoms with Crippen LogP contribution in [0.25, 0.3) is 0 Å². The molecule has 0 spiro atoms. The maximum atomic E-state index is 12.6. The van der Waals surface area contributed by atoms with Crippen molar-refractivity contribution in [2.45, 2.75) is 200 Å². The van der Waals surface area contributed by atoms with Crippen LogP contribution >= 0.6 is 7.82 Å². The number of phosphoric acid groups is 1. The van der Waals surface area contributed by atoms with Crippen molar-refractivity contribution in [2.24, 2.45) is 0 Å². The highest BCUT2D eigenvalue weighted by molar-refractivity contribution is 7.47. The molecule has 312 valence electrons. The van der Waals surface area contributed by atoms with E-state index in [0.29, 0.717) is 13.0 Å². The van der Waals surface area contributed by atoms with E-state index in [1.54, 1.807) is 0 Å². The van der Waals surface area contributed by atoms with Gasteiger partial charge in [0.05, 0.1) is 13.2 Å². The first kappa shape index (κ1) is 51.5. The van der Waals surface area contributed by atoms with Crippen molar-refractivity contribution in [2.75, 3.05) is 40.5 Å². The number of carbonyl (C=O) groups excluding carboxylic acids is 2. The summed E-state index contributed by atoms with van der Waals surface area (Å²) in [5.41, 5.74) is 0.